The Hall–Kier alpha value is -3.02. The number of carbonyl (C=O) groups excluding carboxylic acids is 1. The number of nitrogens with zero attached hydrogens (tertiary/aromatic N) is 1. The first-order valence-electron chi connectivity index (χ1n) is 7.35. The van der Waals surface area contributed by atoms with Crippen molar-refractivity contribution in [3.05, 3.63) is 72.1 Å². The van der Waals surface area contributed by atoms with Crippen molar-refractivity contribution in [3.8, 4) is 0 Å². The van der Waals surface area contributed by atoms with Gasteiger partial charge in [-0.25, -0.2) is 0 Å². The van der Waals surface area contributed by atoms with Crippen LogP contribution in [0.3, 0.4) is 0 Å². The van der Waals surface area contributed by atoms with Crippen LogP contribution < -0.4 is 22.4 Å². The fourth-order valence-corrected chi connectivity index (χ4v) is 2.99. The van der Waals surface area contributed by atoms with Crippen LogP contribution in [0.4, 0.5) is 0 Å². The topological polar surface area (TPSA) is 90.7 Å². The molecule has 1 aliphatic heterocycles. The molecule has 1 aliphatic rings. The Morgan fingerprint density at radius 1 is 1.00 bits per heavy atom. The van der Waals surface area contributed by atoms with Gasteiger partial charge in [0.05, 0.1) is 0 Å². The highest BCUT2D eigenvalue weighted by Crippen LogP contribution is 2.21. The third-order valence-electron chi connectivity index (χ3n) is 4.03. The SMILES string of the molecule is CC1=N[B-](c2ccccc2)(c2ccccc2)OC(N)=C1C(N)=O. The molecule has 0 radical (unpaired) electrons. The van der Waals surface area contributed by atoms with Crippen LogP contribution in [0, 0.1) is 0 Å². The van der Waals surface area contributed by atoms with Gasteiger partial charge in [-0.05, 0) is 6.92 Å². The van der Waals surface area contributed by atoms with Crippen LogP contribution in [-0.2, 0) is 9.45 Å². The molecule has 0 saturated heterocycles. The number of carbonyl (C=O) groups is 1. The summed E-state index contributed by atoms with van der Waals surface area (Å²) in [5.74, 6) is -0.632. The first-order chi connectivity index (χ1) is 11.0. The van der Waals surface area contributed by atoms with E-state index < -0.39 is 12.4 Å². The summed E-state index contributed by atoms with van der Waals surface area (Å²) >= 11 is 0. The molecule has 4 N–H and O–H groups in total. The maximum atomic E-state index is 11.6. The number of nitrogens with two attached hydrogens (primary N) is 2. The van der Waals surface area contributed by atoms with E-state index in [1.165, 1.54) is 0 Å². The van der Waals surface area contributed by atoms with Gasteiger partial charge in [0.2, 0.25) is 0 Å². The molecule has 116 valence electrons. The van der Waals surface area contributed by atoms with Gasteiger partial charge < -0.3 is 21.0 Å². The van der Waals surface area contributed by atoms with Gasteiger partial charge >= 0.3 is 6.48 Å². The number of benzene rings is 2. The third-order valence-corrected chi connectivity index (χ3v) is 4.03. The smallest absolute Gasteiger partial charge is 0.336 e. The van der Waals surface area contributed by atoms with Gasteiger partial charge in [-0.15, -0.1) is 10.9 Å². The van der Waals surface area contributed by atoms with Gasteiger partial charge in [0.15, 0.2) is 5.88 Å². The molecule has 23 heavy (non-hydrogen) atoms. The second-order valence-corrected chi connectivity index (χ2v) is 5.50. The number of hydrogen-bond acceptors (Lipinski definition) is 4. The Morgan fingerprint density at radius 3 is 1.87 bits per heavy atom. The van der Waals surface area contributed by atoms with E-state index in [1.54, 1.807) is 6.92 Å². The molecule has 5 nitrogen and oxygen atoms in total. The van der Waals surface area contributed by atoms with E-state index in [9.17, 15) is 4.79 Å². The fraction of sp³-hybridized carbons (Fsp3) is 0.0588. The molecule has 0 aliphatic carbocycles. The van der Waals surface area contributed by atoms with Crippen molar-refractivity contribution in [2.75, 3.05) is 0 Å². The lowest BCUT2D eigenvalue weighted by atomic mass is 9.42. The fourth-order valence-electron chi connectivity index (χ4n) is 2.99. The van der Waals surface area contributed by atoms with E-state index in [4.69, 9.17) is 21.0 Å². The Morgan fingerprint density at radius 2 is 1.48 bits per heavy atom. The van der Waals surface area contributed by atoms with Gasteiger partial charge in [-0.2, -0.15) is 0 Å². The monoisotopic (exact) mass is 306 g/mol. The summed E-state index contributed by atoms with van der Waals surface area (Å²) in [5.41, 5.74) is 13.8. The van der Waals surface area contributed by atoms with Gasteiger partial charge in [-0.1, -0.05) is 60.7 Å². The van der Waals surface area contributed by atoms with E-state index in [-0.39, 0.29) is 11.5 Å². The molecule has 0 saturated carbocycles. The molecule has 1 amide bonds. The predicted molar refractivity (Wildman–Crippen MR) is 92.5 cm³/mol. The summed E-state index contributed by atoms with van der Waals surface area (Å²) in [6, 6.07) is 19.3. The minimum Gasteiger partial charge on any atom is -0.676 e. The summed E-state index contributed by atoms with van der Waals surface area (Å²) in [7, 11) is 0. The zero-order valence-corrected chi connectivity index (χ0v) is 12.8. The van der Waals surface area contributed by atoms with E-state index in [0.717, 1.165) is 10.9 Å². The van der Waals surface area contributed by atoms with Crippen molar-refractivity contribution in [2.45, 2.75) is 6.92 Å². The summed E-state index contributed by atoms with van der Waals surface area (Å²) in [5, 5.41) is 0. The van der Waals surface area contributed by atoms with Crippen LogP contribution in [0.25, 0.3) is 0 Å². The zero-order chi connectivity index (χ0) is 16.4. The van der Waals surface area contributed by atoms with Crippen molar-refractivity contribution in [3.63, 3.8) is 0 Å². The minimum atomic E-state index is -1.95. The number of primary amides is 1. The molecule has 0 spiro atoms. The standard InChI is InChI=1S/C17H17BN3O2/c1-12-15(16(19)22)17(20)23-18(21-12,13-8-4-2-5-9-13)14-10-6-3-7-11-14/h2-11H,20H2,1H3,(H2,19,22)/q-1. The van der Waals surface area contributed by atoms with Gasteiger partial charge in [0, 0.05) is 5.71 Å². The highest BCUT2D eigenvalue weighted by Gasteiger charge is 2.36. The van der Waals surface area contributed by atoms with E-state index in [0.29, 0.717) is 5.71 Å². The molecule has 2 aromatic rings. The minimum absolute atomic E-state index is 0.0118. The third kappa shape index (κ3) is 2.48. The van der Waals surface area contributed by atoms with E-state index in [2.05, 4.69) is 0 Å². The lowest BCUT2D eigenvalue weighted by Gasteiger charge is -2.43. The average Bonchev–Trinajstić information content (AvgIpc) is 2.55. The lowest BCUT2D eigenvalue weighted by molar-refractivity contribution is -0.114. The van der Waals surface area contributed by atoms with Crippen LogP contribution >= 0.6 is 0 Å². The quantitative estimate of drug-likeness (QED) is 0.804. The normalized spacial score (nSPS) is 16.5. The molecule has 0 fully saturated rings. The maximum Gasteiger partial charge on any atom is 0.336 e. The number of rotatable bonds is 3. The van der Waals surface area contributed by atoms with Gasteiger partial charge in [-0.3, -0.25) is 4.79 Å². The Kier molecular flexibility index (Phi) is 3.66. The molecule has 0 unspecified atom stereocenters. The van der Waals surface area contributed by atoms with Crippen molar-refractivity contribution >= 4 is 29.0 Å². The number of amides is 1. The molecule has 2 aromatic carbocycles. The zero-order valence-electron chi connectivity index (χ0n) is 12.8. The molecule has 1 heterocycles. The highest BCUT2D eigenvalue weighted by molar-refractivity contribution is 6.97. The first-order valence-corrected chi connectivity index (χ1v) is 7.35. The lowest BCUT2D eigenvalue weighted by Crippen LogP contribution is -2.62. The van der Waals surface area contributed by atoms with Crippen molar-refractivity contribution in [2.24, 2.45) is 16.4 Å². The van der Waals surface area contributed by atoms with Gasteiger partial charge in [0.1, 0.15) is 5.57 Å². The van der Waals surface area contributed by atoms with Gasteiger partial charge in [0.25, 0.3) is 5.91 Å². The second-order valence-electron chi connectivity index (χ2n) is 5.50. The van der Waals surface area contributed by atoms with Crippen LogP contribution in [-0.4, -0.2) is 18.1 Å². The first kappa shape index (κ1) is 14.9. The predicted octanol–water partition coefficient (Wildman–Crippen LogP) is 0.390. The second kappa shape index (κ2) is 5.64. The molecule has 0 bridgehead atoms. The summed E-state index contributed by atoms with van der Waals surface area (Å²) in [4.78, 5) is 16.3. The largest absolute Gasteiger partial charge is 0.676 e. The van der Waals surface area contributed by atoms with E-state index in [1.807, 2.05) is 60.7 Å². The number of hydrogen-bond donors (Lipinski definition) is 2. The molecular formula is C17H17BN3O2-. The molecule has 3 rings (SSSR count). The van der Waals surface area contributed by atoms with Crippen LogP contribution in [0.15, 0.2) is 77.0 Å². The Bertz CT molecular complexity index is 762. The highest BCUT2D eigenvalue weighted by atomic mass is 16.5. The Balaban J connectivity index is 2.24. The van der Waals surface area contributed by atoms with Crippen molar-refractivity contribution < 1.29 is 9.45 Å². The van der Waals surface area contributed by atoms with Crippen molar-refractivity contribution in [1.82, 2.24) is 0 Å². The van der Waals surface area contributed by atoms with Crippen molar-refractivity contribution in [1.29, 1.82) is 0 Å². The molecular weight excluding hydrogens is 289 g/mol. The van der Waals surface area contributed by atoms with Crippen LogP contribution in [0.2, 0.25) is 0 Å². The summed E-state index contributed by atoms with van der Waals surface area (Å²) in [6.45, 7) is -0.229. The van der Waals surface area contributed by atoms with E-state index >= 15 is 0 Å². The molecule has 0 aromatic heterocycles. The van der Waals surface area contributed by atoms with Crippen LogP contribution in [0.1, 0.15) is 6.92 Å². The van der Waals surface area contributed by atoms with Crippen LogP contribution in [0.5, 0.6) is 0 Å². The average molecular weight is 306 g/mol. The molecule has 6 heteroatoms. The molecule has 0 atom stereocenters. The summed E-state index contributed by atoms with van der Waals surface area (Å²) < 4.78 is 6.02. The maximum absolute atomic E-state index is 11.6. The summed E-state index contributed by atoms with van der Waals surface area (Å²) in [6.07, 6.45) is 0. The Labute approximate surface area is 134 Å².